The first-order valence-electron chi connectivity index (χ1n) is 7.83. The van der Waals surface area contributed by atoms with Gasteiger partial charge in [0, 0.05) is 11.5 Å². The smallest absolute Gasteiger partial charge is 0.399 e. The molecule has 23 heavy (non-hydrogen) atoms. The average Bonchev–Trinajstić information content (AvgIpc) is 2.67. The zero-order chi connectivity index (χ0) is 17.4. The molecule has 0 amide bonds. The fourth-order valence-electron chi connectivity index (χ4n) is 2.82. The van der Waals surface area contributed by atoms with E-state index in [4.69, 9.17) is 20.6 Å². The molecule has 0 spiro atoms. The minimum atomic E-state index is -0.448. The van der Waals surface area contributed by atoms with Crippen molar-refractivity contribution in [2.45, 2.75) is 65.8 Å². The molecule has 0 aliphatic carbocycles. The molecule has 1 heterocycles. The highest BCUT2D eigenvalue weighted by Crippen LogP contribution is 2.37. The standard InChI is InChI=1S/C16H25BN4O2/c1-10-12(8-18)7-14(11(2)13(10)9-20-21-19)17-22-15(3,4)16(5,6)23-17/h7H,8-9,18H2,1-6H3. The van der Waals surface area contributed by atoms with E-state index in [2.05, 4.69) is 10.0 Å². The lowest BCUT2D eigenvalue weighted by molar-refractivity contribution is 0.00578. The molecule has 1 saturated heterocycles. The van der Waals surface area contributed by atoms with Gasteiger partial charge < -0.3 is 15.0 Å². The normalized spacial score (nSPS) is 18.8. The summed E-state index contributed by atoms with van der Waals surface area (Å²) in [5, 5.41) is 3.72. The number of rotatable bonds is 4. The Morgan fingerprint density at radius 1 is 1.17 bits per heavy atom. The summed E-state index contributed by atoms with van der Waals surface area (Å²) in [5.41, 5.74) is 18.8. The number of nitrogens with two attached hydrogens (primary N) is 1. The van der Waals surface area contributed by atoms with Crippen molar-refractivity contribution in [1.29, 1.82) is 0 Å². The monoisotopic (exact) mass is 316 g/mol. The van der Waals surface area contributed by atoms with Crippen molar-refractivity contribution < 1.29 is 9.31 Å². The Kier molecular flexibility index (Phi) is 4.78. The first-order valence-corrected chi connectivity index (χ1v) is 7.83. The summed E-state index contributed by atoms with van der Waals surface area (Å²) >= 11 is 0. The quantitative estimate of drug-likeness (QED) is 0.400. The molecule has 0 radical (unpaired) electrons. The van der Waals surface area contributed by atoms with E-state index in [1.54, 1.807) is 0 Å². The van der Waals surface area contributed by atoms with Gasteiger partial charge in [0.2, 0.25) is 0 Å². The highest BCUT2D eigenvalue weighted by atomic mass is 16.7. The Hall–Kier alpha value is -1.53. The second-order valence-corrected chi connectivity index (χ2v) is 7.03. The van der Waals surface area contributed by atoms with Crippen molar-refractivity contribution in [3.8, 4) is 0 Å². The predicted molar refractivity (Wildman–Crippen MR) is 92.4 cm³/mol. The minimum absolute atomic E-state index is 0.300. The fraction of sp³-hybridized carbons (Fsp3) is 0.625. The van der Waals surface area contributed by atoms with Crippen LogP contribution in [-0.4, -0.2) is 18.3 Å². The van der Waals surface area contributed by atoms with E-state index in [0.717, 1.165) is 27.7 Å². The lowest BCUT2D eigenvalue weighted by Gasteiger charge is -2.32. The van der Waals surface area contributed by atoms with E-state index in [1.165, 1.54) is 0 Å². The summed E-state index contributed by atoms with van der Waals surface area (Å²) in [6, 6.07) is 2.05. The minimum Gasteiger partial charge on any atom is -0.399 e. The zero-order valence-corrected chi connectivity index (χ0v) is 14.8. The molecule has 1 aromatic rings. The molecule has 1 fully saturated rings. The van der Waals surface area contributed by atoms with Crippen molar-refractivity contribution in [2.75, 3.05) is 0 Å². The van der Waals surface area contributed by atoms with Gasteiger partial charge in [-0.2, -0.15) is 0 Å². The maximum absolute atomic E-state index is 8.64. The number of hydrogen-bond acceptors (Lipinski definition) is 4. The second kappa shape index (κ2) is 6.17. The number of hydrogen-bond donors (Lipinski definition) is 1. The van der Waals surface area contributed by atoms with Crippen LogP contribution < -0.4 is 11.2 Å². The Morgan fingerprint density at radius 3 is 2.22 bits per heavy atom. The molecule has 7 heteroatoms. The lowest BCUT2D eigenvalue weighted by Crippen LogP contribution is -2.41. The van der Waals surface area contributed by atoms with Crippen molar-refractivity contribution in [1.82, 2.24) is 0 Å². The van der Waals surface area contributed by atoms with Crippen LogP contribution in [-0.2, 0) is 22.4 Å². The van der Waals surface area contributed by atoms with Crippen molar-refractivity contribution >= 4 is 12.6 Å². The van der Waals surface area contributed by atoms with Crippen LogP contribution in [0.3, 0.4) is 0 Å². The van der Waals surface area contributed by atoms with E-state index in [1.807, 2.05) is 47.6 Å². The maximum atomic E-state index is 8.64. The van der Waals surface area contributed by atoms with Crippen LogP contribution in [0.5, 0.6) is 0 Å². The molecule has 1 aliphatic rings. The predicted octanol–water partition coefficient (Wildman–Crippen LogP) is 2.87. The van der Waals surface area contributed by atoms with E-state index < -0.39 is 18.3 Å². The van der Waals surface area contributed by atoms with Crippen LogP contribution in [0.15, 0.2) is 11.2 Å². The third kappa shape index (κ3) is 3.10. The maximum Gasteiger partial charge on any atom is 0.495 e. The van der Waals surface area contributed by atoms with E-state index in [-0.39, 0.29) is 0 Å². The Bertz CT molecular complexity index is 651. The van der Waals surface area contributed by atoms with Gasteiger partial charge in [-0.05, 0) is 74.8 Å². The molecule has 2 N–H and O–H groups in total. The molecular weight excluding hydrogens is 291 g/mol. The van der Waals surface area contributed by atoms with Gasteiger partial charge in [-0.25, -0.2) is 0 Å². The molecule has 124 valence electrons. The van der Waals surface area contributed by atoms with Gasteiger partial charge in [0.25, 0.3) is 0 Å². The summed E-state index contributed by atoms with van der Waals surface area (Å²) in [7, 11) is -0.448. The molecular formula is C16H25BN4O2. The van der Waals surface area contributed by atoms with Crippen LogP contribution in [0.25, 0.3) is 10.4 Å². The van der Waals surface area contributed by atoms with Gasteiger partial charge in [-0.3, -0.25) is 0 Å². The molecule has 0 bridgehead atoms. The van der Waals surface area contributed by atoms with E-state index in [9.17, 15) is 0 Å². The molecule has 2 rings (SSSR count). The molecule has 0 aromatic heterocycles. The Balaban J connectivity index is 2.53. The van der Waals surface area contributed by atoms with Gasteiger partial charge in [0.1, 0.15) is 0 Å². The van der Waals surface area contributed by atoms with Crippen molar-refractivity contribution in [3.63, 3.8) is 0 Å². The third-order valence-corrected chi connectivity index (χ3v) is 5.17. The SMILES string of the molecule is Cc1c(CN)cc(B2OC(C)(C)C(C)(C)O2)c(C)c1CN=[N+]=[N-]. The summed E-state index contributed by atoms with van der Waals surface area (Å²) in [6.07, 6.45) is 0. The molecule has 0 unspecified atom stereocenters. The topological polar surface area (TPSA) is 93.2 Å². The highest BCUT2D eigenvalue weighted by molar-refractivity contribution is 6.62. The van der Waals surface area contributed by atoms with Gasteiger partial charge >= 0.3 is 7.12 Å². The largest absolute Gasteiger partial charge is 0.495 e. The molecule has 1 aromatic carbocycles. The summed E-state index contributed by atoms with van der Waals surface area (Å²) < 4.78 is 12.3. The zero-order valence-electron chi connectivity index (χ0n) is 14.8. The first-order chi connectivity index (χ1) is 10.6. The van der Waals surface area contributed by atoms with Crippen LogP contribution in [0.1, 0.15) is 49.9 Å². The first kappa shape index (κ1) is 17.8. The lowest BCUT2D eigenvalue weighted by atomic mass is 9.73. The fourth-order valence-corrected chi connectivity index (χ4v) is 2.82. The Labute approximate surface area is 138 Å². The van der Waals surface area contributed by atoms with Gasteiger partial charge in [0.05, 0.1) is 17.7 Å². The molecule has 6 nitrogen and oxygen atoms in total. The average molecular weight is 316 g/mol. The highest BCUT2D eigenvalue weighted by Gasteiger charge is 2.52. The second-order valence-electron chi connectivity index (χ2n) is 7.03. The third-order valence-electron chi connectivity index (χ3n) is 5.17. The Morgan fingerprint density at radius 2 is 1.74 bits per heavy atom. The summed E-state index contributed by atoms with van der Waals surface area (Å²) in [4.78, 5) is 2.87. The van der Waals surface area contributed by atoms with Crippen molar-refractivity contribution in [3.05, 3.63) is 38.8 Å². The van der Waals surface area contributed by atoms with E-state index in [0.29, 0.717) is 13.1 Å². The molecule has 1 aliphatic heterocycles. The van der Waals surface area contributed by atoms with Crippen LogP contribution in [0, 0.1) is 13.8 Å². The van der Waals surface area contributed by atoms with Crippen LogP contribution >= 0.6 is 0 Å². The number of nitrogens with zero attached hydrogens (tertiary/aromatic N) is 3. The molecule has 0 atom stereocenters. The number of azide groups is 1. The van der Waals surface area contributed by atoms with Gasteiger partial charge in [-0.1, -0.05) is 11.2 Å². The number of benzene rings is 1. The molecule has 0 saturated carbocycles. The van der Waals surface area contributed by atoms with Gasteiger partial charge in [0.15, 0.2) is 0 Å². The van der Waals surface area contributed by atoms with Gasteiger partial charge in [-0.15, -0.1) is 0 Å². The van der Waals surface area contributed by atoms with Crippen LogP contribution in [0.2, 0.25) is 0 Å². The van der Waals surface area contributed by atoms with E-state index >= 15 is 0 Å². The summed E-state index contributed by atoms with van der Waals surface area (Å²) in [5.74, 6) is 0. The van der Waals surface area contributed by atoms with Crippen molar-refractivity contribution in [2.24, 2.45) is 10.8 Å². The van der Waals surface area contributed by atoms with Crippen LogP contribution in [0.4, 0.5) is 0 Å². The summed E-state index contributed by atoms with van der Waals surface area (Å²) in [6.45, 7) is 12.8.